The molecule has 0 N–H and O–H groups in total. The fraction of sp³-hybridized carbons (Fsp3) is 0.250. The summed E-state index contributed by atoms with van der Waals surface area (Å²) in [6.45, 7) is 6.54. The molecule has 1 aliphatic rings. The van der Waals surface area contributed by atoms with Crippen LogP contribution in [0.25, 0.3) is 0 Å². The maximum absolute atomic E-state index is 12.8. The lowest BCUT2D eigenvalue weighted by atomic mass is 10.1. The van der Waals surface area contributed by atoms with Crippen LogP contribution in [0.1, 0.15) is 6.42 Å². The molecule has 0 amide bonds. The van der Waals surface area contributed by atoms with Crippen LogP contribution in [-0.2, 0) is 0 Å². The first-order chi connectivity index (χ1) is 4.59. The van der Waals surface area contributed by atoms with E-state index < -0.39 is 5.92 Å². The molecule has 0 aromatic rings. The van der Waals surface area contributed by atoms with E-state index in [9.17, 15) is 8.78 Å². The van der Waals surface area contributed by atoms with Crippen molar-refractivity contribution in [1.29, 1.82) is 0 Å². The third kappa shape index (κ3) is 0.801. The average molecular weight is 142 g/mol. The van der Waals surface area contributed by atoms with E-state index in [0.717, 1.165) is 0 Å². The van der Waals surface area contributed by atoms with E-state index in [-0.39, 0.29) is 17.6 Å². The molecule has 0 spiro atoms. The monoisotopic (exact) mass is 142 g/mol. The number of rotatable bonds is 1. The van der Waals surface area contributed by atoms with Gasteiger partial charge >= 0.3 is 0 Å². The van der Waals surface area contributed by atoms with Gasteiger partial charge in [-0.2, -0.15) is 8.78 Å². The Morgan fingerprint density at radius 3 is 2.40 bits per heavy atom. The van der Waals surface area contributed by atoms with E-state index in [1.807, 2.05) is 0 Å². The Balaban J connectivity index is 2.98. The van der Waals surface area contributed by atoms with Crippen LogP contribution in [0.15, 0.2) is 36.5 Å². The SMILES string of the molecule is C=CC1=CCC(=C)C1(F)F. The number of alkyl halides is 2. The Bertz CT molecular complexity index is 211. The Kier molecular flexibility index (Phi) is 1.47. The molecule has 0 saturated heterocycles. The van der Waals surface area contributed by atoms with Gasteiger partial charge in [0.25, 0.3) is 5.92 Å². The lowest BCUT2D eigenvalue weighted by Crippen LogP contribution is -2.15. The molecule has 1 aliphatic carbocycles. The van der Waals surface area contributed by atoms with E-state index in [4.69, 9.17) is 0 Å². The smallest absolute Gasteiger partial charge is 0.196 e. The van der Waals surface area contributed by atoms with Crippen LogP contribution in [0, 0.1) is 0 Å². The molecule has 0 aromatic carbocycles. The highest BCUT2D eigenvalue weighted by Gasteiger charge is 2.39. The maximum Gasteiger partial charge on any atom is 0.294 e. The Labute approximate surface area is 58.6 Å². The zero-order valence-electron chi connectivity index (χ0n) is 5.53. The maximum atomic E-state index is 12.8. The molecule has 54 valence electrons. The first-order valence-corrected chi connectivity index (χ1v) is 2.98. The highest BCUT2D eigenvalue weighted by atomic mass is 19.3. The quantitative estimate of drug-likeness (QED) is 0.494. The largest absolute Gasteiger partial charge is 0.294 e. The molecule has 0 fully saturated rings. The van der Waals surface area contributed by atoms with Crippen molar-refractivity contribution >= 4 is 0 Å². The predicted octanol–water partition coefficient (Wildman–Crippen LogP) is 2.69. The van der Waals surface area contributed by atoms with Crippen molar-refractivity contribution in [2.75, 3.05) is 0 Å². The third-order valence-corrected chi connectivity index (χ3v) is 1.59. The molecule has 0 saturated carbocycles. The fourth-order valence-corrected chi connectivity index (χ4v) is 0.905. The van der Waals surface area contributed by atoms with Crippen LogP contribution < -0.4 is 0 Å². The minimum atomic E-state index is -2.83. The zero-order valence-corrected chi connectivity index (χ0v) is 5.53. The summed E-state index contributed by atoms with van der Waals surface area (Å²) in [5, 5.41) is 0. The van der Waals surface area contributed by atoms with Crippen LogP contribution in [-0.4, -0.2) is 5.92 Å². The van der Waals surface area contributed by atoms with Crippen molar-refractivity contribution in [2.24, 2.45) is 0 Å². The van der Waals surface area contributed by atoms with Gasteiger partial charge in [0, 0.05) is 5.57 Å². The predicted molar refractivity (Wildman–Crippen MR) is 37.0 cm³/mol. The molecule has 2 heteroatoms. The molecule has 0 atom stereocenters. The highest BCUT2D eigenvalue weighted by molar-refractivity contribution is 5.41. The third-order valence-electron chi connectivity index (χ3n) is 1.59. The van der Waals surface area contributed by atoms with Gasteiger partial charge in [-0.1, -0.05) is 25.3 Å². The standard InChI is InChI=1S/C8H8F2/c1-3-7-5-4-6(2)8(7,9)10/h3,5H,1-2,4H2. The Morgan fingerprint density at radius 2 is 2.20 bits per heavy atom. The van der Waals surface area contributed by atoms with Crippen molar-refractivity contribution in [3.8, 4) is 0 Å². The van der Waals surface area contributed by atoms with Crippen molar-refractivity contribution in [2.45, 2.75) is 12.3 Å². The molecule has 0 bridgehead atoms. The second-order valence-electron chi connectivity index (χ2n) is 2.25. The molecular weight excluding hydrogens is 134 g/mol. The van der Waals surface area contributed by atoms with Gasteiger partial charge in [-0.25, -0.2) is 0 Å². The van der Waals surface area contributed by atoms with Crippen molar-refractivity contribution < 1.29 is 8.78 Å². The van der Waals surface area contributed by atoms with Gasteiger partial charge < -0.3 is 0 Å². The lowest BCUT2D eigenvalue weighted by molar-refractivity contribution is 0.0925. The van der Waals surface area contributed by atoms with Gasteiger partial charge in [-0.15, -0.1) is 0 Å². The van der Waals surface area contributed by atoms with E-state index in [1.54, 1.807) is 0 Å². The summed E-state index contributed by atoms with van der Waals surface area (Å²) >= 11 is 0. The molecule has 1 rings (SSSR count). The van der Waals surface area contributed by atoms with Crippen molar-refractivity contribution in [3.05, 3.63) is 36.5 Å². The van der Waals surface area contributed by atoms with Crippen LogP contribution in [0.4, 0.5) is 8.78 Å². The van der Waals surface area contributed by atoms with Gasteiger partial charge in [0.05, 0.1) is 0 Å². The number of allylic oxidation sites excluding steroid dienone is 4. The van der Waals surface area contributed by atoms with Gasteiger partial charge in [0.2, 0.25) is 0 Å². The first-order valence-electron chi connectivity index (χ1n) is 2.98. The van der Waals surface area contributed by atoms with E-state index in [0.29, 0.717) is 0 Å². The van der Waals surface area contributed by atoms with Gasteiger partial charge in [-0.3, -0.25) is 0 Å². The van der Waals surface area contributed by atoms with Crippen molar-refractivity contribution in [3.63, 3.8) is 0 Å². The van der Waals surface area contributed by atoms with Crippen LogP contribution in [0.2, 0.25) is 0 Å². The number of hydrogen-bond donors (Lipinski definition) is 0. The average Bonchev–Trinajstić information content (AvgIpc) is 2.10. The van der Waals surface area contributed by atoms with E-state index >= 15 is 0 Å². The fourth-order valence-electron chi connectivity index (χ4n) is 0.905. The topological polar surface area (TPSA) is 0 Å². The molecule has 10 heavy (non-hydrogen) atoms. The lowest BCUT2D eigenvalue weighted by Gasteiger charge is -2.11. The molecule has 0 aromatic heterocycles. The molecular formula is C8H8F2. The van der Waals surface area contributed by atoms with Crippen LogP contribution in [0.3, 0.4) is 0 Å². The van der Waals surface area contributed by atoms with Crippen molar-refractivity contribution in [1.82, 2.24) is 0 Å². The molecule has 0 radical (unpaired) electrons. The second kappa shape index (κ2) is 2.04. The molecule has 0 heterocycles. The zero-order chi connectivity index (χ0) is 7.78. The summed E-state index contributed by atoms with van der Waals surface area (Å²) in [6, 6.07) is 0. The summed E-state index contributed by atoms with van der Waals surface area (Å²) in [5.41, 5.74) is -0.0556. The second-order valence-corrected chi connectivity index (χ2v) is 2.25. The molecule has 0 aliphatic heterocycles. The van der Waals surface area contributed by atoms with E-state index in [1.165, 1.54) is 12.2 Å². The minimum Gasteiger partial charge on any atom is -0.196 e. The van der Waals surface area contributed by atoms with E-state index in [2.05, 4.69) is 13.2 Å². The van der Waals surface area contributed by atoms with Crippen LogP contribution in [0.5, 0.6) is 0 Å². The normalized spacial score (nSPS) is 22.6. The molecule has 0 unspecified atom stereocenters. The summed E-state index contributed by atoms with van der Waals surface area (Å²) < 4.78 is 25.5. The van der Waals surface area contributed by atoms with Crippen LogP contribution >= 0.6 is 0 Å². The molecule has 0 nitrogen and oxygen atoms in total. The van der Waals surface area contributed by atoms with Gasteiger partial charge in [0.1, 0.15) is 0 Å². The summed E-state index contributed by atoms with van der Waals surface area (Å²) in [4.78, 5) is 0. The first kappa shape index (κ1) is 7.19. The summed E-state index contributed by atoms with van der Waals surface area (Å²) in [6.07, 6.45) is 2.90. The number of halogens is 2. The van der Waals surface area contributed by atoms with Gasteiger partial charge in [0.15, 0.2) is 0 Å². The van der Waals surface area contributed by atoms with Gasteiger partial charge in [-0.05, 0) is 12.0 Å². The summed E-state index contributed by atoms with van der Waals surface area (Å²) in [5.74, 6) is -2.83. The highest BCUT2D eigenvalue weighted by Crippen LogP contribution is 2.39. The summed E-state index contributed by atoms with van der Waals surface area (Å²) in [7, 11) is 0. The Morgan fingerprint density at radius 1 is 1.60 bits per heavy atom. The Hall–Kier alpha value is -0.920. The minimum absolute atomic E-state index is 0.0162. The number of hydrogen-bond acceptors (Lipinski definition) is 0.